The van der Waals surface area contributed by atoms with Crippen LogP contribution in [0.15, 0.2) is 59.9 Å². The molecule has 0 N–H and O–H groups in total. The maximum Gasteiger partial charge on any atom is 0.233 e. The van der Waals surface area contributed by atoms with E-state index >= 15 is 0 Å². The van der Waals surface area contributed by atoms with E-state index in [2.05, 4.69) is 9.55 Å². The number of thioether (sulfide) groups is 1. The summed E-state index contributed by atoms with van der Waals surface area (Å²) in [6.07, 6.45) is 2.31. The monoisotopic (exact) mass is 503 g/mol. The minimum Gasteiger partial charge on any atom is -0.338 e. The van der Waals surface area contributed by atoms with Gasteiger partial charge in [0.15, 0.2) is 15.0 Å². The molecule has 1 atom stereocenters. The van der Waals surface area contributed by atoms with Crippen LogP contribution in [0.3, 0.4) is 0 Å². The van der Waals surface area contributed by atoms with Gasteiger partial charge in [-0.25, -0.2) is 13.4 Å². The lowest BCUT2D eigenvalue weighted by atomic mass is 10.1. The molecule has 0 radical (unpaired) electrons. The van der Waals surface area contributed by atoms with Crippen LogP contribution in [0.2, 0.25) is 5.02 Å². The number of hydrogen-bond donors (Lipinski definition) is 0. The highest BCUT2D eigenvalue weighted by Crippen LogP contribution is 2.32. The van der Waals surface area contributed by atoms with Crippen LogP contribution in [-0.2, 0) is 14.6 Å². The van der Waals surface area contributed by atoms with Crippen LogP contribution in [0.4, 0.5) is 0 Å². The van der Waals surface area contributed by atoms with Crippen LogP contribution >= 0.6 is 23.4 Å². The second-order valence-electron chi connectivity index (χ2n) is 8.08. The van der Waals surface area contributed by atoms with Gasteiger partial charge in [0, 0.05) is 23.2 Å². The number of aryl methyl sites for hydroxylation is 1. The smallest absolute Gasteiger partial charge is 0.233 e. The summed E-state index contributed by atoms with van der Waals surface area (Å²) >= 11 is 7.44. The van der Waals surface area contributed by atoms with Crippen LogP contribution in [0.1, 0.15) is 18.9 Å². The molecule has 6 nitrogen and oxygen atoms in total. The van der Waals surface area contributed by atoms with Gasteiger partial charge in [0.1, 0.15) is 0 Å². The molecule has 4 rings (SSSR count). The molecule has 174 valence electrons. The zero-order chi connectivity index (χ0) is 23.6. The van der Waals surface area contributed by atoms with Crippen molar-refractivity contribution in [3.05, 3.63) is 65.3 Å². The van der Waals surface area contributed by atoms with E-state index in [1.165, 1.54) is 11.8 Å². The van der Waals surface area contributed by atoms with Gasteiger partial charge in [-0.1, -0.05) is 53.7 Å². The first kappa shape index (κ1) is 23.9. The summed E-state index contributed by atoms with van der Waals surface area (Å²) in [6.45, 7) is 4.42. The number of para-hydroxylation sites is 1. The van der Waals surface area contributed by atoms with Gasteiger partial charge in [-0.15, -0.1) is 0 Å². The van der Waals surface area contributed by atoms with Gasteiger partial charge in [-0.05, 0) is 44.0 Å². The molecular formula is C24H26ClN3O3S2. The van der Waals surface area contributed by atoms with Gasteiger partial charge in [-0.2, -0.15) is 0 Å². The first-order valence-corrected chi connectivity index (χ1v) is 14.0. The molecule has 1 aliphatic rings. The Bertz CT molecular complexity index is 1260. The third kappa shape index (κ3) is 5.28. The largest absolute Gasteiger partial charge is 0.338 e. The van der Waals surface area contributed by atoms with E-state index in [-0.39, 0.29) is 29.2 Å². The van der Waals surface area contributed by atoms with Crippen LogP contribution in [-0.4, -0.2) is 58.6 Å². The Morgan fingerprint density at radius 3 is 2.58 bits per heavy atom. The van der Waals surface area contributed by atoms with E-state index in [4.69, 9.17) is 11.6 Å². The average molecular weight is 504 g/mol. The third-order valence-corrected chi connectivity index (χ3v) is 8.80. The Labute approximate surface area is 203 Å². The van der Waals surface area contributed by atoms with E-state index in [9.17, 15) is 13.2 Å². The van der Waals surface area contributed by atoms with E-state index in [1.54, 1.807) is 4.90 Å². The molecule has 0 spiro atoms. The van der Waals surface area contributed by atoms with Crippen molar-refractivity contribution < 1.29 is 13.2 Å². The highest BCUT2D eigenvalue weighted by atomic mass is 35.5. The van der Waals surface area contributed by atoms with E-state index in [0.29, 0.717) is 23.1 Å². The standard InChI is InChI=1S/C24H26ClN3O3S2/c1-3-27(20-12-13-33(30,31)16-20)23(29)15-32-24-26-14-22(18-8-10-19(25)11-9-18)28(24)21-7-5-4-6-17(21)2/h4-11,14,20H,3,12-13,15-16H2,1-2H3/t20-/m0/s1. The maximum absolute atomic E-state index is 13.0. The second-order valence-corrected chi connectivity index (χ2v) is 11.7. The highest BCUT2D eigenvalue weighted by molar-refractivity contribution is 7.99. The summed E-state index contributed by atoms with van der Waals surface area (Å²) in [5.74, 6) is 0.317. The summed E-state index contributed by atoms with van der Waals surface area (Å²) in [5.41, 5.74) is 3.96. The third-order valence-electron chi connectivity index (χ3n) is 5.86. The molecule has 1 saturated heterocycles. The number of halogens is 1. The Balaban J connectivity index is 1.62. The summed E-state index contributed by atoms with van der Waals surface area (Å²) < 4.78 is 25.8. The van der Waals surface area contributed by atoms with Gasteiger partial charge in [0.2, 0.25) is 5.91 Å². The van der Waals surface area contributed by atoms with Crippen molar-refractivity contribution in [1.29, 1.82) is 0 Å². The van der Waals surface area contributed by atoms with E-state index < -0.39 is 9.84 Å². The van der Waals surface area contributed by atoms with Crippen LogP contribution in [0.25, 0.3) is 16.9 Å². The topological polar surface area (TPSA) is 72.3 Å². The number of sulfone groups is 1. The van der Waals surface area contributed by atoms with Crippen molar-refractivity contribution in [2.75, 3.05) is 23.8 Å². The Morgan fingerprint density at radius 1 is 1.21 bits per heavy atom. The molecule has 2 aromatic carbocycles. The molecule has 1 aliphatic heterocycles. The Morgan fingerprint density at radius 2 is 1.94 bits per heavy atom. The van der Waals surface area contributed by atoms with Gasteiger partial charge in [0.05, 0.1) is 34.8 Å². The van der Waals surface area contributed by atoms with Crippen molar-refractivity contribution in [3.8, 4) is 16.9 Å². The second kappa shape index (κ2) is 9.91. The summed E-state index contributed by atoms with van der Waals surface area (Å²) in [4.78, 5) is 19.4. The predicted octanol–water partition coefficient (Wildman–Crippen LogP) is 4.63. The first-order chi connectivity index (χ1) is 15.8. The number of aromatic nitrogens is 2. The minimum absolute atomic E-state index is 0.0514. The average Bonchev–Trinajstić information content (AvgIpc) is 3.36. The number of rotatable bonds is 7. The molecule has 1 aromatic heterocycles. The fourth-order valence-corrected chi connectivity index (χ4v) is 6.90. The molecule has 0 aliphatic carbocycles. The van der Waals surface area contributed by atoms with Crippen LogP contribution in [0.5, 0.6) is 0 Å². The molecule has 3 aromatic rings. The number of benzene rings is 2. The summed E-state index contributed by atoms with van der Waals surface area (Å²) in [7, 11) is -3.06. The Hall–Kier alpha value is -2.29. The van der Waals surface area contributed by atoms with Crippen LogP contribution < -0.4 is 0 Å². The quantitative estimate of drug-likeness (QED) is 0.439. The fourth-order valence-electron chi connectivity index (χ4n) is 4.18. The lowest BCUT2D eigenvalue weighted by Crippen LogP contribution is -2.42. The van der Waals surface area contributed by atoms with Gasteiger partial charge in [-0.3, -0.25) is 9.36 Å². The summed E-state index contributed by atoms with van der Waals surface area (Å²) in [5, 5.41) is 1.37. The molecule has 2 heterocycles. The lowest BCUT2D eigenvalue weighted by molar-refractivity contribution is -0.129. The minimum atomic E-state index is -3.06. The molecule has 1 fully saturated rings. The van der Waals surface area contributed by atoms with E-state index in [1.807, 2.05) is 68.6 Å². The summed E-state index contributed by atoms with van der Waals surface area (Å²) in [6, 6.07) is 15.4. The Kier molecular flexibility index (Phi) is 7.16. The number of nitrogens with zero attached hydrogens (tertiary/aromatic N) is 3. The number of imidazole rings is 1. The maximum atomic E-state index is 13.0. The lowest BCUT2D eigenvalue weighted by Gasteiger charge is -2.26. The number of carbonyl (C=O) groups is 1. The van der Waals surface area contributed by atoms with Gasteiger partial charge in [0.25, 0.3) is 0 Å². The molecule has 0 unspecified atom stereocenters. The zero-order valence-electron chi connectivity index (χ0n) is 18.6. The van der Waals surface area contributed by atoms with Gasteiger partial charge < -0.3 is 4.90 Å². The van der Waals surface area contributed by atoms with Crippen molar-refractivity contribution >= 4 is 39.1 Å². The van der Waals surface area contributed by atoms with Crippen molar-refractivity contribution in [2.45, 2.75) is 31.5 Å². The van der Waals surface area contributed by atoms with E-state index in [0.717, 1.165) is 22.5 Å². The molecule has 1 amide bonds. The molecule has 33 heavy (non-hydrogen) atoms. The highest BCUT2D eigenvalue weighted by Gasteiger charge is 2.34. The van der Waals surface area contributed by atoms with Crippen molar-refractivity contribution in [3.63, 3.8) is 0 Å². The van der Waals surface area contributed by atoms with Crippen LogP contribution in [0, 0.1) is 6.92 Å². The van der Waals surface area contributed by atoms with Gasteiger partial charge >= 0.3 is 0 Å². The zero-order valence-corrected chi connectivity index (χ0v) is 21.0. The number of hydrogen-bond acceptors (Lipinski definition) is 5. The fraction of sp³-hybridized carbons (Fsp3) is 0.333. The molecular weight excluding hydrogens is 478 g/mol. The normalized spacial score (nSPS) is 17.2. The molecule has 0 saturated carbocycles. The molecule has 0 bridgehead atoms. The van der Waals surface area contributed by atoms with Crippen molar-refractivity contribution in [2.24, 2.45) is 0 Å². The number of amides is 1. The number of carbonyl (C=O) groups excluding carboxylic acids is 1. The predicted molar refractivity (Wildman–Crippen MR) is 134 cm³/mol. The van der Waals surface area contributed by atoms with Crippen molar-refractivity contribution in [1.82, 2.24) is 14.5 Å². The molecule has 9 heteroatoms. The SMILES string of the molecule is CCN(C(=O)CSc1ncc(-c2ccc(Cl)cc2)n1-c1ccccc1C)[C@H]1CCS(=O)(=O)C1. The first-order valence-electron chi connectivity index (χ1n) is 10.8.